The summed E-state index contributed by atoms with van der Waals surface area (Å²) in [4.78, 5) is 13.6. The Bertz CT molecular complexity index is 607. The maximum atomic E-state index is 12.5. The van der Waals surface area contributed by atoms with E-state index < -0.39 is 10.0 Å². The van der Waals surface area contributed by atoms with E-state index in [-0.39, 0.29) is 30.5 Å². The molecule has 1 heterocycles. The molecule has 0 N–H and O–H groups in total. The van der Waals surface area contributed by atoms with Crippen LogP contribution in [0.2, 0.25) is 0 Å². The largest absolute Gasteiger partial charge is 0.497 e. The van der Waals surface area contributed by atoms with Gasteiger partial charge in [-0.25, -0.2) is 8.42 Å². The van der Waals surface area contributed by atoms with Crippen molar-refractivity contribution in [3.05, 3.63) is 24.3 Å². The third-order valence-electron chi connectivity index (χ3n) is 3.56. The number of carbonyl (C=O) groups is 1. The maximum Gasteiger partial charge on any atom is 0.248 e. The van der Waals surface area contributed by atoms with Crippen molar-refractivity contribution in [1.29, 1.82) is 0 Å². The molecule has 1 fully saturated rings. The summed E-state index contributed by atoms with van der Waals surface area (Å²) in [6.07, 6.45) is 0. The number of piperazine rings is 1. The predicted octanol–water partition coefficient (Wildman–Crippen LogP) is 0.175. The molecule has 1 aromatic carbocycles. The summed E-state index contributed by atoms with van der Waals surface area (Å²) in [7, 11) is -0.552. The third kappa shape index (κ3) is 3.57. The van der Waals surface area contributed by atoms with Crippen molar-refractivity contribution < 1.29 is 22.7 Å². The van der Waals surface area contributed by atoms with Crippen LogP contribution in [0, 0.1) is 0 Å². The number of nitrogens with zero attached hydrogens (tertiary/aromatic N) is 2. The molecule has 0 spiro atoms. The molecule has 0 aliphatic carbocycles. The topological polar surface area (TPSA) is 76.2 Å². The Morgan fingerprint density at radius 2 is 1.68 bits per heavy atom. The third-order valence-corrected chi connectivity index (χ3v) is 5.47. The number of hydrogen-bond acceptors (Lipinski definition) is 5. The summed E-state index contributed by atoms with van der Waals surface area (Å²) in [6.45, 7) is 1.33. The molecule has 0 saturated carbocycles. The van der Waals surface area contributed by atoms with Gasteiger partial charge in [0, 0.05) is 33.3 Å². The number of carbonyl (C=O) groups excluding carboxylic acids is 1. The van der Waals surface area contributed by atoms with Crippen LogP contribution in [-0.2, 0) is 19.6 Å². The highest BCUT2D eigenvalue weighted by Gasteiger charge is 2.29. The Hall–Kier alpha value is -1.64. The molecule has 0 atom stereocenters. The van der Waals surface area contributed by atoms with Gasteiger partial charge in [-0.15, -0.1) is 0 Å². The van der Waals surface area contributed by atoms with Crippen molar-refractivity contribution in [1.82, 2.24) is 9.21 Å². The lowest BCUT2D eigenvalue weighted by atomic mass is 10.3. The number of amides is 1. The fourth-order valence-corrected chi connectivity index (χ4v) is 3.71. The van der Waals surface area contributed by atoms with Crippen LogP contribution in [0.15, 0.2) is 29.2 Å². The summed E-state index contributed by atoms with van der Waals surface area (Å²) in [5, 5.41) is 0. The van der Waals surface area contributed by atoms with Crippen LogP contribution in [0.3, 0.4) is 0 Å². The van der Waals surface area contributed by atoms with E-state index in [1.165, 1.54) is 30.7 Å². The lowest BCUT2D eigenvalue weighted by Gasteiger charge is -2.33. The number of methoxy groups -OCH3 is 2. The summed E-state index contributed by atoms with van der Waals surface area (Å²) >= 11 is 0. The Balaban J connectivity index is 2.04. The van der Waals surface area contributed by atoms with Gasteiger partial charge in [0.25, 0.3) is 0 Å². The second-order valence-electron chi connectivity index (χ2n) is 4.89. The van der Waals surface area contributed by atoms with Crippen molar-refractivity contribution >= 4 is 15.9 Å². The quantitative estimate of drug-likeness (QED) is 0.770. The molecule has 0 unspecified atom stereocenters. The van der Waals surface area contributed by atoms with Gasteiger partial charge in [0.05, 0.1) is 12.0 Å². The van der Waals surface area contributed by atoms with Gasteiger partial charge in [-0.05, 0) is 24.3 Å². The Morgan fingerprint density at radius 3 is 2.18 bits per heavy atom. The van der Waals surface area contributed by atoms with E-state index in [0.29, 0.717) is 18.8 Å². The number of hydrogen-bond donors (Lipinski definition) is 0. The molecule has 122 valence electrons. The summed E-state index contributed by atoms with van der Waals surface area (Å²) in [5.41, 5.74) is 0. The molecule has 1 saturated heterocycles. The fourth-order valence-electron chi connectivity index (χ4n) is 2.29. The molecule has 8 heteroatoms. The van der Waals surface area contributed by atoms with Crippen LogP contribution in [0.5, 0.6) is 5.75 Å². The van der Waals surface area contributed by atoms with E-state index in [9.17, 15) is 13.2 Å². The van der Waals surface area contributed by atoms with Crippen molar-refractivity contribution in [3.8, 4) is 5.75 Å². The highest BCUT2D eigenvalue weighted by Crippen LogP contribution is 2.20. The van der Waals surface area contributed by atoms with E-state index >= 15 is 0 Å². The molecule has 1 aliphatic rings. The minimum atomic E-state index is -3.54. The molecular formula is C14H20N2O5S. The lowest BCUT2D eigenvalue weighted by Crippen LogP contribution is -2.51. The first-order valence-corrected chi connectivity index (χ1v) is 8.34. The van der Waals surface area contributed by atoms with Gasteiger partial charge in [0.15, 0.2) is 0 Å². The lowest BCUT2D eigenvalue weighted by molar-refractivity contribution is -0.136. The Morgan fingerprint density at radius 1 is 1.09 bits per heavy atom. The van der Waals surface area contributed by atoms with Gasteiger partial charge in [0.1, 0.15) is 12.4 Å². The van der Waals surface area contributed by atoms with Crippen molar-refractivity contribution in [2.45, 2.75) is 4.90 Å². The first kappa shape index (κ1) is 16.7. The zero-order valence-electron chi connectivity index (χ0n) is 12.7. The van der Waals surface area contributed by atoms with Crippen LogP contribution in [-0.4, -0.2) is 70.5 Å². The van der Waals surface area contributed by atoms with E-state index in [1.54, 1.807) is 17.0 Å². The van der Waals surface area contributed by atoms with Crippen molar-refractivity contribution in [2.75, 3.05) is 47.0 Å². The van der Waals surface area contributed by atoms with Gasteiger partial charge in [0.2, 0.25) is 15.9 Å². The van der Waals surface area contributed by atoms with E-state index in [4.69, 9.17) is 9.47 Å². The molecule has 0 aromatic heterocycles. The van der Waals surface area contributed by atoms with Crippen LogP contribution in [0.1, 0.15) is 0 Å². The van der Waals surface area contributed by atoms with E-state index in [1.807, 2.05) is 0 Å². The molecule has 1 aliphatic heterocycles. The maximum absolute atomic E-state index is 12.5. The number of sulfonamides is 1. The monoisotopic (exact) mass is 328 g/mol. The summed E-state index contributed by atoms with van der Waals surface area (Å²) < 4.78 is 36.3. The zero-order chi connectivity index (χ0) is 16.2. The van der Waals surface area contributed by atoms with Crippen LogP contribution >= 0.6 is 0 Å². The van der Waals surface area contributed by atoms with Crippen molar-refractivity contribution in [3.63, 3.8) is 0 Å². The smallest absolute Gasteiger partial charge is 0.248 e. The molecular weight excluding hydrogens is 308 g/mol. The van der Waals surface area contributed by atoms with Crippen molar-refractivity contribution in [2.24, 2.45) is 0 Å². The average molecular weight is 328 g/mol. The number of ether oxygens (including phenoxy) is 2. The molecule has 1 aromatic rings. The molecule has 2 rings (SSSR count). The molecule has 0 radical (unpaired) electrons. The summed E-state index contributed by atoms with van der Waals surface area (Å²) in [6, 6.07) is 6.28. The first-order valence-electron chi connectivity index (χ1n) is 6.90. The average Bonchev–Trinajstić information content (AvgIpc) is 2.55. The molecule has 7 nitrogen and oxygen atoms in total. The fraction of sp³-hybridized carbons (Fsp3) is 0.500. The van der Waals surface area contributed by atoms with Gasteiger partial charge in [-0.1, -0.05) is 0 Å². The van der Waals surface area contributed by atoms with Crippen LogP contribution in [0.4, 0.5) is 0 Å². The highest BCUT2D eigenvalue weighted by atomic mass is 32.2. The van der Waals surface area contributed by atoms with Gasteiger partial charge in [-0.3, -0.25) is 4.79 Å². The van der Waals surface area contributed by atoms with E-state index in [0.717, 1.165) is 0 Å². The minimum Gasteiger partial charge on any atom is -0.497 e. The van der Waals surface area contributed by atoms with Crippen LogP contribution in [0.25, 0.3) is 0 Å². The van der Waals surface area contributed by atoms with Gasteiger partial charge in [-0.2, -0.15) is 4.31 Å². The standard InChI is InChI=1S/C14H20N2O5S/c1-20-11-14(17)15-7-9-16(10-8-15)22(18,19)13-5-3-12(21-2)4-6-13/h3-6H,7-11H2,1-2H3. The zero-order valence-corrected chi connectivity index (χ0v) is 13.5. The Kier molecular flexibility index (Phi) is 5.38. The second kappa shape index (κ2) is 7.08. The number of rotatable bonds is 5. The number of benzene rings is 1. The second-order valence-corrected chi connectivity index (χ2v) is 6.83. The van der Waals surface area contributed by atoms with Gasteiger partial charge >= 0.3 is 0 Å². The van der Waals surface area contributed by atoms with Gasteiger partial charge < -0.3 is 14.4 Å². The van der Waals surface area contributed by atoms with Crippen LogP contribution < -0.4 is 4.74 Å². The summed E-state index contributed by atoms with van der Waals surface area (Å²) in [5.74, 6) is 0.484. The first-order chi connectivity index (χ1) is 10.5. The SMILES string of the molecule is COCC(=O)N1CCN(S(=O)(=O)c2ccc(OC)cc2)CC1. The Labute approximate surface area is 130 Å². The molecule has 22 heavy (non-hydrogen) atoms. The van der Waals surface area contributed by atoms with E-state index in [2.05, 4.69) is 0 Å². The minimum absolute atomic E-state index is 0.0191. The predicted molar refractivity (Wildman–Crippen MR) is 80.2 cm³/mol. The normalized spacial score (nSPS) is 16.5. The molecule has 1 amide bonds. The highest BCUT2D eigenvalue weighted by molar-refractivity contribution is 7.89. The molecule has 0 bridgehead atoms.